The second kappa shape index (κ2) is 7.46. The molecule has 1 aromatic rings. The monoisotopic (exact) mass is 303 g/mol. The first kappa shape index (κ1) is 15.1. The zero-order chi connectivity index (χ0) is 13.7. The zero-order valence-corrected chi connectivity index (χ0v) is 12.5. The minimum absolute atomic E-state index is 0.0699. The highest BCUT2D eigenvalue weighted by Gasteiger charge is 2.25. The first-order chi connectivity index (χ1) is 9.20. The highest BCUT2D eigenvalue weighted by molar-refractivity contribution is 6.35. The minimum Gasteiger partial charge on any atom is -0.376 e. The largest absolute Gasteiger partial charge is 0.376 e. The summed E-state index contributed by atoms with van der Waals surface area (Å²) in [5, 5.41) is 4.81. The van der Waals surface area contributed by atoms with E-state index in [0.717, 1.165) is 18.5 Å². The summed E-state index contributed by atoms with van der Waals surface area (Å²) < 4.78 is 11.2. The molecular formula is C14H19Cl2NO2. The van der Waals surface area contributed by atoms with E-state index in [0.29, 0.717) is 29.9 Å². The molecule has 5 heteroatoms. The van der Waals surface area contributed by atoms with Crippen molar-refractivity contribution in [2.75, 3.05) is 26.4 Å². The molecule has 2 rings (SSSR count). The molecule has 0 radical (unpaired) electrons. The van der Waals surface area contributed by atoms with Gasteiger partial charge < -0.3 is 14.8 Å². The van der Waals surface area contributed by atoms with Crippen molar-refractivity contribution in [2.45, 2.75) is 25.5 Å². The van der Waals surface area contributed by atoms with Crippen LogP contribution in [0.25, 0.3) is 0 Å². The first-order valence-electron chi connectivity index (χ1n) is 6.57. The number of nitrogens with one attached hydrogen (secondary N) is 1. The normalized spacial score (nSPS) is 21.3. The van der Waals surface area contributed by atoms with Crippen molar-refractivity contribution >= 4 is 23.2 Å². The highest BCUT2D eigenvalue weighted by atomic mass is 35.5. The van der Waals surface area contributed by atoms with Crippen molar-refractivity contribution < 1.29 is 9.47 Å². The van der Waals surface area contributed by atoms with Crippen molar-refractivity contribution in [3.8, 4) is 0 Å². The van der Waals surface area contributed by atoms with E-state index in [1.807, 2.05) is 12.1 Å². The fraction of sp³-hybridized carbons (Fsp3) is 0.571. The second-order valence-corrected chi connectivity index (χ2v) is 5.43. The predicted molar refractivity (Wildman–Crippen MR) is 78.2 cm³/mol. The standard InChI is InChI=1S/C14H19Cl2NO2/c1-2-17-13(14-9-18-5-6-19-14)7-10-3-4-11(15)8-12(10)16/h3-4,8,13-14,17H,2,5-7,9H2,1H3. The Morgan fingerprint density at radius 2 is 2.21 bits per heavy atom. The van der Waals surface area contributed by atoms with Gasteiger partial charge in [0, 0.05) is 16.1 Å². The maximum Gasteiger partial charge on any atom is 0.0965 e. The van der Waals surface area contributed by atoms with E-state index in [1.54, 1.807) is 6.07 Å². The molecule has 0 aromatic heterocycles. The van der Waals surface area contributed by atoms with Gasteiger partial charge in [0.05, 0.1) is 25.9 Å². The van der Waals surface area contributed by atoms with Crippen LogP contribution in [-0.4, -0.2) is 38.5 Å². The molecule has 1 N–H and O–H groups in total. The number of benzene rings is 1. The van der Waals surface area contributed by atoms with Crippen LogP contribution in [-0.2, 0) is 15.9 Å². The van der Waals surface area contributed by atoms with Crippen LogP contribution in [0.2, 0.25) is 10.0 Å². The molecule has 0 aliphatic carbocycles. The van der Waals surface area contributed by atoms with Crippen LogP contribution in [0.15, 0.2) is 18.2 Å². The van der Waals surface area contributed by atoms with Gasteiger partial charge in [-0.15, -0.1) is 0 Å². The molecule has 0 spiro atoms. The molecule has 1 aliphatic heterocycles. The Labute approximate surface area is 124 Å². The maximum absolute atomic E-state index is 6.23. The fourth-order valence-electron chi connectivity index (χ4n) is 2.26. The van der Waals surface area contributed by atoms with E-state index in [1.165, 1.54) is 0 Å². The van der Waals surface area contributed by atoms with Crippen molar-refractivity contribution in [1.82, 2.24) is 5.32 Å². The molecular weight excluding hydrogens is 285 g/mol. The lowest BCUT2D eigenvalue weighted by Crippen LogP contribution is -2.47. The molecule has 19 heavy (non-hydrogen) atoms. The lowest BCUT2D eigenvalue weighted by atomic mass is 10.0. The molecule has 1 aliphatic rings. The summed E-state index contributed by atoms with van der Waals surface area (Å²) >= 11 is 12.1. The van der Waals surface area contributed by atoms with E-state index in [9.17, 15) is 0 Å². The second-order valence-electron chi connectivity index (χ2n) is 4.59. The SMILES string of the molecule is CCNC(Cc1ccc(Cl)cc1Cl)C1COCCO1. The van der Waals surface area contributed by atoms with Gasteiger partial charge in [-0.3, -0.25) is 0 Å². The Kier molecular flexibility index (Phi) is 5.92. The van der Waals surface area contributed by atoms with Crippen LogP contribution in [0.1, 0.15) is 12.5 Å². The summed E-state index contributed by atoms with van der Waals surface area (Å²) in [5.74, 6) is 0. The molecule has 0 saturated carbocycles. The third-order valence-electron chi connectivity index (χ3n) is 3.21. The number of ether oxygens (including phenoxy) is 2. The number of rotatable bonds is 5. The van der Waals surface area contributed by atoms with Crippen molar-refractivity contribution in [2.24, 2.45) is 0 Å². The van der Waals surface area contributed by atoms with Gasteiger partial charge in [-0.05, 0) is 30.7 Å². The molecule has 1 heterocycles. The molecule has 3 nitrogen and oxygen atoms in total. The van der Waals surface area contributed by atoms with Gasteiger partial charge in [-0.1, -0.05) is 36.2 Å². The van der Waals surface area contributed by atoms with Crippen molar-refractivity contribution in [3.05, 3.63) is 33.8 Å². The number of likely N-dealkylation sites (N-methyl/N-ethyl adjacent to an activating group) is 1. The number of hydrogen-bond donors (Lipinski definition) is 1. The fourth-order valence-corrected chi connectivity index (χ4v) is 2.75. The molecule has 106 valence electrons. The third kappa shape index (κ3) is 4.33. The zero-order valence-electron chi connectivity index (χ0n) is 11.0. The minimum atomic E-state index is 0.0699. The molecule has 2 atom stereocenters. The Morgan fingerprint density at radius 3 is 2.84 bits per heavy atom. The summed E-state index contributed by atoms with van der Waals surface area (Å²) in [4.78, 5) is 0. The van der Waals surface area contributed by atoms with Crippen LogP contribution in [0.5, 0.6) is 0 Å². The van der Waals surface area contributed by atoms with Gasteiger partial charge in [0.1, 0.15) is 0 Å². The quantitative estimate of drug-likeness (QED) is 0.907. The van der Waals surface area contributed by atoms with E-state index >= 15 is 0 Å². The van der Waals surface area contributed by atoms with E-state index in [4.69, 9.17) is 32.7 Å². The maximum atomic E-state index is 6.23. The Balaban J connectivity index is 2.06. The van der Waals surface area contributed by atoms with Crippen molar-refractivity contribution in [1.29, 1.82) is 0 Å². The van der Waals surface area contributed by atoms with Gasteiger partial charge in [0.25, 0.3) is 0 Å². The van der Waals surface area contributed by atoms with Crippen LogP contribution in [0.3, 0.4) is 0 Å². The summed E-state index contributed by atoms with van der Waals surface area (Å²) in [7, 11) is 0. The summed E-state index contributed by atoms with van der Waals surface area (Å²) in [6, 6.07) is 5.81. The third-order valence-corrected chi connectivity index (χ3v) is 3.80. The predicted octanol–water partition coefficient (Wildman–Crippen LogP) is 2.93. The summed E-state index contributed by atoms with van der Waals surface area (Å²) in [5.41, 5.74) is 1.08. The number of hydrogen-bond acceptors (Lipinski definition) is 3. The average Bonchev–Trinajstić information content (AvgIpc) is 2.42. The van der Waals surface area contributed by atoms with Crippen LogP contribution in [0, 0.1) is 0 Å². The van der Waals surface area contributed by atoms with Crippen LogP contribution >= 0.6 is 23.2 Å². The van der Waals surface area contributed by atoms with Gasteiger partial charge in [0.15, 0.2) is 0 Å². The van der Waals surface area contributed by atoms with Gasteiger partial charge in [0.2, 0.25) is 0 Å². The van der Waals surface area contributed by atoms with Gasteiger partial charge in [-0.25, -0.2) is 0 Å². The molecule has 2 unspecified atom stereocenters. The molecule has 1 aromatic carbocycles. The molecule has 1 saturated heterocycles. The Hall–Kier alpha value is -0.320. The summed E-state index contributed by atoms with van der Waals surface area (Å²) in [6.07, 6.45) is 0.873. The molecule has 1 fully saturated rings. The van der Waals surface area contributed by atoms with Crippen LogP contribution in [0.4, 0.5) is 0 Å². The van der Waals surface area contributed by atoms with Gasteiger partial charge >= 0.3 is 0 Å². The average molecular weight is 304 g/mol. The van der Waals surface area contributed by atoms with Crippen LogP contribution < -0.4 is 5.32 Å². The Morgan fingerprint density at radius 1 is 1.37 bits per heavy atom. The number of halogens is 2. The van der Waals surface area contributed by atoms with E-state index in [2.05, 4.69) is 12.2 Å². The topological polar surface area (TPSA) is 30.5 Å². The highest BCUT2D eigenvalue weighted by Crippen LogP contribution is 2.23. The van der Waals surface area contributed by atoms with Gasteiger partial charge in [-0.2, -0.15) is 0 Å². The molecule has 0 amide bonds. The lowest BCUT2D eigenvalue weighted by molar-refractivity contribution is -0.101. The Bertz CT molecular complexity index is 408. The van der Waals surface area contributed by atoms with E-state index in [-0.39, 0.29) is 12.1 Å². The lowest BCUT2D eigenvalue weighted by Gasteiger charge is -2.31. The van der Waals surface area contributed by atoms with E-state index < -0.39 is 0 Å². The molecule has 0 bridgehead atoms. The smallest absolute Gasteiger partial charge is 0.0965 e. The first-order valence-corrected chi connectivity index (χ1v) is 7.33. The summed E-state index contributed by atoms with van der Waals surface area (Å²) in [6.45, 7) is 4.93. The van der Waals surface area contributed by atoms with Crippen molar-refractivity contribution in [3.63, 3.8) is 0 Å².